The molecule has 0 aliphatic heterocycles. The molecule has 0 amide bonds. The number of likely N-dealkylation sites (N-methyl/N-ethyl adjacent to an activating group) is 1. The van der Waals surface area contributed by atoms with E-state index in [1.807, 2.05) is 0 Å². The van der Waals surface area contributed by atoms with Crippen LogP contribution in [0.25, 0.3) is 11.2 Å². The van der Waals surface area contributed by atoms with Crippen molar-refractivity contribution in [3.05, 3.63) is 18.3 Å². The van der Waals surface area contributed by atoms with Crippen molar-refractivity contribution in [1.82, 2.24) is 25.3 Å². The Labute approximate surface area is 82.0 Å². The maximum Gasteiger partial charge on any atom is 0.180 e. The van der Waals surface area contributed by atoms with E-state index in [1.54, 1.807) is 6.20 Å². The van der Waals surface area contributed by atoms with E-state index in [2.05, 4.69) is 32.2 Å². The van der Waals surface area contributed by atoms with Crippen LogP contribution in [-0.4, -0.2) is 33.0 Å². The van der Waals surface area contributed by atoms with E-state index >= 15 is 0 Å². The zero-order valence-corrected chi connectivity index (χ0v) is 8.12. The molecule has 0 saturated heterocycles. The first-order chi connectivity index (χ1) is 6.90. The number of rotatable bonds is 4. The molecule has 2 rings (SSSR count). The van der Waals surface area contributed by atoms with Crippen LogP contribution in [0.2, 0.25) is 0 Å². The minimum Gasteiger partial charge on any atom is -0.339 e. The number of fused-ring (bicyclic) bond motifs is 1. The molecule has 0 aromatic carbocycles. The lowest BCUT2D eigenvalue weighted by Gasteiger charge is -1.96. The van der Waals surface area contributed by atoms with Crippen LogP contribution in [-0.2, 0) is 6.42 Å². The molecule has 14 heavy (non-hydrogen) atoms. The van der Waals surface area contributed by atoms with Gasteiger partial charge < -0.3 is 10.3 Å². The topological polar surface area (TPSA) is 66.5 Å². The Kier molecular flexibility index (Phi) is 2.69. The van der Waals surface area contributed by atoms with E-state index in [0.717, 1.165) is 36.5 Å². The smallest absolute Gasteiger partial charge is 0.180 e. The summed E-state index contributed by atoms with van der Waals surface area (Å²) in [7, 11) is 0. The van der Waals surface area contributed by atoms with E-state index in [1.165, 1.54) is 6.33 Å². The second-order valence-corrected chi connectivity index (χ2v) is 3.05. The summed E-state index contributed by atoms with van der Waals surface area (Å²) in [6, 6.07) is 0. The van der Waals surface area contributed by atoms with Crippen molar-refractivity contribution in [1.29, 1.82) is 0 Å². The van der Waals surface area contributed by atoms with Crippen molar-refractivity contribution in [2.75, 3.05) is 13.1 Å². The number of imidazole rings is 1. The van der Waals surface area contributed by atoms with Crippen LogP contribution >= 0.6 is 0 Å². The second-order valence-electron chi connectivity index (χ2n) is 3.05. The minimum absolute atomic E-state index is 0.742. The Morgan fingerprint density at radius 2 is 2.43 bits per heavy atom. The highest BCUT2D eigenvalue weighted by Gasteiger charge is 2.01. The molecule has 0 fully saturated rings. The lowest BCUT2D eigenvalue weighted by Crippen LogP contribution is -2.16. The summed E-state index contributed by atoms with van der Waals surface area (Å²) in [5, 5.41) is 3.25. The number of aromatic nitrogens is 4. The van der Waals surface area contributed by atoms with Crippen LogP contribution < -0.4 is 5.32 Å². The van der Waals surface area contributed by atoms with Crippen molar-refractivity contribution in [2.45, 2.75) is 13.3 Å². The summed E-state index contributed by atoms with van der Waals surface area (Å²) in [5.41, 5.74) is 1.64. The van der Waals surface area contributed by atoms with Gasteiger partial charge in [0.2, 0.25) is 0 Å². The number of hydrogen-bond acceptors (Lipinski definition) is 4. The van der Waals surface area contributed by atoms with Gasteiger partial charge in [-0.1, -0.05) is 6.92 Å². The SMILES string of the molecule is CCNCCc1nc2ncncc2[nH]1. The zero-order chi connectivity index (χ0) is 9.80. The van der Waals surface area contributed by atoms with E-state index < -0.39 is 0 Å². The molecule has 0 unspecified atom stereocenters. The number of aromatic amines is 1. The lowest BCUT2D eigenvalue weighted by molar-refractivity contribution is 0.702. The molecule has 5 heteroatoms. The average molecular weight is 191 g/mol. The normalized spacial score (nSPS) is 10.9. The van der Waals surface area contributed by atoms with Gasteiger partial charge in [-0.3, -0.25) is 0 Å². The van der Waals surface area contributed by atoms with Gasteiger partial charge in [-0.25, -0.2) is 15.0 Å². The van der Waals surface area contributed by atoms with Crippen LogP contribution in [0.1, 0.15) is 12.7 Å². The highest BCUT2D eigenvalue weighted by molar-refractivity contribution is 5.68. The number of nitrogens with zero attached hydrogens (tertiary/aromatic N) is 3. The fourth-order valence-electron chi connectivity index (χ4n) is 1.31. The van der Waals surface area contributed by atoms with Gasteiger partial charge >= 0.3 is 0 Å². The maximum absolute atomic E-state index is 4.34. The van der Waals surface area contributed by atoms with Gasteiger partial charge in [0, 0.05) is 13.0 Å². The standard InChI is InChI=1S/C9H13N5/c1-2-10-4-3-8-13-7-5-11-6-12-9(7)14-8/h5-6,10H,2-4H2,1H3,(H,11,12,13,14). The molecule has 0 atom stereocenters. The Bertz CT molecular complexity index is 375. The van der Waals surface area contributed by atoms with E-state index in [4.69, 9.17) is 0 Å². The number of nitrogens with one attached hydrogen (secondary N) is 2. The highest BCUT2D eigenvalue weighted by atomic mass is 15.0. The summed E-state index contributed by atoms with van der Waals surface area (Å²) in [6.45, 7) is 4.01. The van der Waals surface area contributed by atoms with E-state index in [0.29, 0.717) is 0 Å². The number of H-pyrrole nitrogens is 1. The molecular formula is C9H13N5. The Balaban J connectivity index is 2.11. The minimum atomic E-state index is 0.742. The first-order valence-corrected chi connectivity index (χ1v) is 4.75. The maximum atomic E-state index is 4.34. The predicted octanol–water partition coefficient (Wildman–Crippen LogP) is 0.505. The molecule has 2 aromatic rings. The third-order valence-corrected chi connectivity index (χ3v) is 2.00. The van der Waals surface area contributed by atoms with Crippen molar-refractivity contribution >= 4 is 11.2 Å². The van der Waals surface area contributed by atoms with E-state index in [9.17, 15) is 0 Å². The first-order valence-electron chi connectivity index (χ1n) is 4.75. The molecule has 0 aliphatic rings. The quantitative estimate of drug-likeness (QED) is 0.691. The summed E-state index contributed by atoms with van der Waals surface area (Å²) in [5.74, 6) is 0.960. The third kappa shape index (κ3) is 1.88. The predicted molar refractivity (Wildman–Crippen MR) is 53.9 cm³/mol. The van der Waals surface area contributed by atoms with Crippen LogP contribution in [0, 0.1) is 0 Å². The molecule has 2 heterocycles. The first kappa shape index (κ1) is 9.08. The molecule has 0 aliphatic carbocycles. The fraction of sp³-hybridized carbons (Fsp3) is 0.444. The Hall–Kier alpha value is -1.49. The molecule has 5 nitrogen and oxygen atoms in total. The van der Waals surface area contributed by atoms with Gasteiger partial charge in [-0.2, -0.15) is 0 Å². The molecule has 0 saturated carbocycles. The van der Waals surface area contributed by atoms with Gasteiger partial charge in [0.1, 0.15) is 17.7 Å². The largest absolute Gasteiger partial charge is 0.339 e. The van der Waals surface area contributed by atoms with Gasteiger partial charge in [0.05, 0.1) is 6.20 Å². The lowest BCUT2D eigenvalue weighted by atomic mass is 10.4. The molecule has 0 spiro atoms. The average Bonchev–Trinajstić information content (AvgIpc) is 2.60. The zero-order valence-electron chi connectivity index (χ0n) is 8.12. The monoisotopic (exact) mass is 191 g/mol. The summed E-state index contributed by atoms with van der Waals surface area (Å²) >= 11 is 0. The molecular weight excluding hydrogens is 178 g/mol. The summed E-state index contributed by atoms with van der Waals surface area (Å²) < 4.78 is 0. The van der Waals surface area contributed by atoms with Gasteiger partial charge in [-0.05, 0) is 6.54 Å². The summed E-state index contributed by atoms with van der Waals surface area (Å²) in [4.78, 5) is 15.5. The molecule has 0 bridgehead atoms. The van der Waals surface area contributed by atoms with Gasteiger partial charge in [0.25, 0.3) is 0 Å². The van der Waals surface area contributed by atoms with Crippen LogP contribution in [0.4, 0.5) is 0 Å². The van der Waals surface area contributed by atoms with Crippen LogP contribution in [0.3, 0.4) is 0 Å². The summed E-state index contributed by atoms with van der Waals surface area (Å²) in [6.07, 6.45) is 4.15. The fourth-order valence-corrected chi connectivity index (χ4v) is 1.31. The van der Waals surface area contributed by atoms with E-state index in [-0.39, 0.29) is 0 Å². The molecule has 2 N–H and O–H groups in total. The molecule has 2 aromatic heterocycles. The van der Waals surface area contributed by atoms with Crippen molar-refractivity contribution in [2.24, 2.45) is 0 Å². The highest BCUT2D eigenvalue weighted by Crippen LogP contribution is 2.05. The Morgan fingerprint density at radius 3 is 3.21 bits per heavy atom. The van der Waals surface area contributed by atoms with Crippen molar-refractivity contribution in [3.63, 3.8) is 0 Å². The van der Waals surface area contributed by atoms with Crippen LogP contribution in [0.5, 0.6) is 0 Å². The molecule has 74 valence electrons. The Morgan fingerprint density at radius 1 is 1.50 bits per heavy atom. The van der Waals surface area contributed by atoms with Crippen LogP contribution in [0.15, 0.2) is 12.5 Å². The molecule has 0 radical (unpaired) electrons. The third-order valence-electron chi connectivity index (χ3n) is 2.00. The van der Waals surface area contributed by atoms with Crippen molar-refractivity contribution in [3.8, 4) is 0 Å². The second kappa shape index (κ2) is 4.15. The van der Waals surface area contributed by atoms with Gasteiger partial charge in [0.15, 0.2) is 5.65 Å². The number of hydrogen-bond donors (Lipinski definition) is 2. The van der Waals surface area contributed by atoms with Gasteiger partial charge in [-0.15, -0.1) is 0 Å². The van der Waals surface area contributed by atoms with Crippen molar-refractivity contribution < 1.29 is 0 Å².